The Bertz CT molecular complexity index is 492. The van der Waals surface area contributed by atoms with Gasteiger partial charge in [0, 0.05) is 38.3 Å². The molecule has 1 aliphatic heterocycles. The Labute approximate surface area is 127 Å². The minimum absolute atomic E-state index is 0.109. The van der Waals surface area contributed by atoms with Gasteiger partial charge in [-0.15, -0.1) is 0 Å². The molecule has 0 N–H and O–H groups in total. The second-order valence-corrected chi connectivity index (χ2v) is 6.17. The van der Waals surface area contributed by atoms with Crippen LogP contribution in [0.15, 0.2) is 18.2 Å². The number of hydrogen-bond donors (Lipinski definition) is 0. The van der Waals surface area contributed by atoms with Gasteiger partial charge >= 0.3 is 0 Å². The van der Waals surface area contributed by atoms with Crippen LogP contribution in [0.4, 0.5) is 0 Å². The van der Waals surface area contributed by atoms with Gasteiger partial charge < -0.3 is 9.64 Å². The molecule has 1 aliphatic rings. The van der Waals surface area contributed by atoms with Crippen LogP contribution in [-0.2, 0) is 0 Å². The first-order chi connectivity index (χ1) is 10.0. The number of amides is 1. The fraction of sp³-hybridized carbons (Fsp3) is 0.588. The van der Waals surface area contributed by atoms with Gasteiger partial charge in [0.2, 0.25) is 0 Å². The Balaban J connectivity index is 1.99. The van der Waals surface area contributed by atoms with Gasteiger partial charge in [0.15, 0.2) is 0 Å². The number of hydrogen-bond acceptors (Lipinski definition) is 3. The third-order valence-corrected chi connectivity index (χ3v) is 3.94. The van der Waals surface area contributed by atoms with Crippen molar-refractivity contribution in [1.29, 1.82) is 0 Å². The van der Waals surface area contributed by atoms with E-state index in [1.165, 1.54) is 0 Å². The molecule has 1 aromatic rings. The zero-order chi connectivity index (χ0) is 15.4. The topological polar surface area (TPSA) is 32.8 Å². The maximum absolute atomic E-state index is 12.6. The molecule has 0 saturated carbocycles. The van der Waals surface area contributed by atoms with Crippen molar-refractivity contribution in [3.8, 4) is 5.75 Å². The van der Waals surface area contributed by atoms with Crippen LogP contribution < -0.4 is 4.74 Å². The minimum atomic E-state index is 0.109. The number of benzene rings is 1. The Kier molecular flexibility index (Phi) is 5.23. The van der Waals surface area contributed by atoms with E-state index in [9.17, 15) is 4.79 Å². The molecule has 0 unspecified atom stereocenters. The Hall–Kier alpha value is -1.55. The average molecular weight is 290 g/mol. The molecule has 4 nitrogen and oxygen atoms in total. The van der Waals surface area contributed by atoms with Gasteiger partial charge in [-0.05, 0) is 30.5 Å². The molecule has 1 heterocycles. The molecule has 0 spiro atoms. The van der Waals surface area contributed by atoms with E-state index in [2.05, 4.69) is 18.7 Å². The number of rotatable bonds is 4. The average Bonchev–Trinajstić information content (AvgIpc) is 2.47. The summed E-state index contributed by atoms with van der Waals surface area (Å²) in [6.45, 7) is 11.1. The molecule has 0 atom stereocenters. The molecule has 21 heavy (non-hydrogen) atoms. The molecule has 4 heteroatoms. The lowest BCUT2D eigenvalue weighted by molar-refractivity contribution is 0.0623. The van der Waals surface area contributed by atoms with Crippen molar-refractivity contribution in [2.45, 2.75) is 20.8 Å². The molecule has 116 valence electrons. The van der Waals surface area contributed by atoms with Crippen molar-refractivity contribution in [1.82, 2.24) is 9.80 Å². The van der Waals surface area contributed by atoms with E-state index in [4.69, 9.17) is 4.74 Å². The quantitative estimate of drug-likeness (QED) is 0.854. The van der Waals surface area contributed by atoms with E-state index >= 15 is 0 Å². The zero-order valence-corrected chi connectivity index (χ0v) is 13.6. The fourth-order valence-corrected chi connectivity index (χ4v) is 2.79. The van der Waals surface area contributed by atoms with Gasteiger partial charge in [-0.25, -0.2) is 0 Å². The number of carbonyl (C=O) groups excluding carboxylic acids is 1. The summed E-state index contributed by atoms with van der Waals surface area (Å²) in [4.78, 5) is 16.9. The van der Waals surface area contributed by atoms with Crippen molar-refractivity contribution in [2.75, 3.05) is 39.8 Å². The van der Waals surface area contributed by atoms with Crippen molar-refractivity contribution < 1.29 is 9.53 Å². The molecule has 1 amide bonds. The van der Waals surface area contributed by atoms with Crippen molar-refractivity contribution in [3.63, 3.8) is 0 Å². The zero-order valence-electron chi connectivity index (χ0n) is 13.6. The van der Waals surface area contributed by atoms with Crippen LogP contribution in [0.2, 0.25) is 0 Å². The lowest BCUT2D eigenvalue weighted by Gasteiger charge is -2.35. The number of methoxy groups -OCH3 is 1. The summed E-state index contributed by atoms with van der Waals surface area (Å²) in [5, 5.41) is 0. The van der Waals surface area contributed by atoms with E-state index in [-0.39, 0.29) is 5.91 Å². The minimum Gasteiger partial charge on any atom is -0.496 e. The summed E-state index contributed by atoms with van der Waals surface area (Å²) >= 11 is 0. The van der Waals surface area contributed by atoms with Crippen molar-refractivity contribution in [2.24, 2.45) is 5.92 Å². The summed E-state index contributed by atoms with van der Waals surface area (Å²) < 4.78 is 5.30. The molecular weight excluding hydrogens is 264 g/mol. The standard InChI is InChI=1S/C17H26N2O2/c1-13(2)12-18-7-9-19(10-8-18)17(20)15-6-5-14(3)16(11-15)21-4/h5-6,11,13H,7-10,12H2,1-4H3. The highest BCUT2D eigenvalue weighted by atomic mass is 16.5. The van der Waals surface area contributed by atoms with Crippen LogP contribution in [0, 0.1) is 12.8 Å². The van der Waals surface area contributed by atoms with Crippen LogP contribution in [0.5, 0.6) is 5.75 Å². The Morgan fingerprint density at radius 3 is 2.48 bits per heavy atom. The lowest BCUT2D eigenvalue weighted by Crippen LogP contribution is -2.49. The van der Waals surface area contributed by atoms with Crippen LogP contribution in [0.3, 0.4) is 0 Å². The maximum Gasteiger partial charge on any atom is 0.254 e. The molecule has 0 bridgehead atoms. The predicted molar refractivity (Wildman–Crippen MR) is 84.9 cm³/mol. The SMILES string of the molecule is COc1cc(C(=O)N2CCN(CC(C)C)CC2)ccc1C. The highest BCUT2D eigenvalue weighted by Gasteiger charge is 2.22. The predicted octanol–water partition coefficient (Wildman–Crippen LogP) is 2.42. The monoisotopic (exact) mass is 290 g/mol. The van der Waals surface area contributed by atoms with Gasteiger partial charge in [-0.3, -0.25) is 9.69 Å². The summed E-state index contributed by atoms with van der Waals surface area (Å²) in [5.74, 6) is 1.56. The van der Waals surface area contributed by atoms with Crippen LogP contribution >= 0.6 is 0 Å². The number of aryl methyl sites for hydroxylation is 1. The number of piperazine rings is 1. The van der Waals surface area contributed by atoms with E-state index in [1.807, 2.05) is 30.0 Å². The second kappa shape index (κ2) is 6.94. The van der Waals surface area contributed by atoms with Crippen molar-refractivity contribution >= 4 is 5.91 Å². The van der Waals surface area contributed by atoms with E-state index in [0.717, 1.165) is 49.6 Å². The molecule has 1 saturated heterocycles. The fourth-order valence-electron chi connectivity index (χ4n) is 2.79. The number of carbonyl (C=O) groups is 1. The lowest BCUT2D eigenvalue weighted by atomic mass is 10.1. The van der Waals surface area contributed by atoms with Crippen LogP contribution in [0.25, 0.3) is 0 Å². The molecule has 2 rings (SSSR count). The second-order valence-electron chi connectivity index (χ2n) is 6.17. The Morgan fingerprint density at radius 1 is 1.24 bits per heavy atom. The van der Waals surface area contributed by atoms with Gasteiger partial charge in [0.25, 0.3) is 5.91 Å². The molecular formula is C17H26N2O2. The van der Waals surface area contributed by atoms with E-state index in [1.54, 1.807) is 7.11 Å². The Morgan fingerprint density at radius 2 is 1.90 bits per heavy atom. The molecule has 0 radical (unpaired) electrons. The first-order valence-corrected chi connectivity index (χ1v) is 7.67. The van der Waals surface area contributed by atoms with Crippen LogP contribution in [0.1, 0.15) is 29.8 Å². The van der Waals surface area contributed by atoms with E-state index in [0.29, 0.717) is 5.92 Å². The largest absolute Gasteiger partial charge is 0.496 e. The first kappa shape index (κ1) is 15.8. The highest BCUT2D eigenvalue weighted by molar-refractivity contribution is 5.94. The summed E-state index contributed by atoms with van der Waals surface area (Å²) in [6, 6.07) is 5.68. The number of nitrogens with zero attached hydrogens (tertiary/aromatic N) is 2. The smallest absolute Gasteiger partial charge is 0.254 e. The number of ether oxygens (including phenoxy) is 1. The van der Waals surface area contributed by atoms with Gasteiger partial charge in [-0.1, -0.05) is 19.9 Å². The van der Waals surface area contributed by atoms with Gasteiger partial charge in [0.1, 0.15) is 5.75 Å². The first-order valence-electron chi connectivity index (χ1n) is 7.67. The normalized spacial score (nSPS) is 16.3. The third-order valence-electron chi connectivity index (χ3n) is 3.94. The summed E-state index contributed by atoms with van der Waals surface area (Å²) in [5.41, 5.74) is 1.77. The van der Waals surface area contributed by atoms with E-state index < -0.39 is 0 Å². The molecule has 0 aromatic heterocycles. The van der Waals surface area contributed by atoms with Crippen molar-refractivity contribution in [3.05, 3.63) is 29.3 Å². The summed E-state index contributed by atoms with van der Waals surface area (Å²) in [7, 11) is 1.64. The van der Waals surface area contributed by atoms with Crippen LogP contribution in [-0.4, -0.2) is 55.5 Å². The molecule has 1 aromatic carbocycles. The van der Waals surface area contributed by atoms with Gasteiger partial charge in [-0.2, -0.15) is 0 Å². The molecule has 1 fully saturated rings. The third kappa shape index (κ3) is 3.97. The summed E-state index contributed by atoms with van der Waals surface area (Å²) in [6.07, 6.45) is 0. The maximum atomic E-state index is 12.6. The highest BCUT2D eigenvalue weighted by Crippen LogP contribution is 2.20. The van der Waals surface area contributed by atoms with Gasteiger partial charge in [0.05, 0.1) is 7.11 Å². The molecule has 0 aliphatic carbocycles.